The van der Waals surface area contributed by atoms with Crippen molar-refractivity contribution < 1.29 is 4.79 Å². The average Bonchev–Trinajstić information content (AvgIpc) is 3.05. The fraction of sp³-hybridized carbons (Fsp3) is 0.273. The zero-order chi connectivity index (χ0) is 20.5. The number of carbonyl (C=O) groups is 1. The van der Waals surface area contributed by atoms with Crippen molar-refractivity contribution in [1.29, 1.82) is 0 Å². The maximum Gasteiger partial charge on any atom is 0.272 e. The predicted molar refractivity (Wildman–Crippen MR) is 113 cm³/mol. The summed E-state index contributed by atoms with van der Waals surface area (Å²) < 4.78 is 2.02. The van der Waals surface area contributed by atoms with Crippen LogP contribution in [0.5, 0.6) is 0 Å². The van der Waals surface area contributed by atoms with Gasteiger partial charge in [-0.3, -0.25) is 9.59 Å². The number of benzene rings is 2. The molecule has 0 spiro atoms. The second-order valence-corrected chi connectivity index (χ2v) is 7.53. The number of nitrogens with one attached hydrogen (secondary N) is 2. The molecule has 4 aromatic rings. The van der Waals surface area contributed by atoms with Gasteiger partial charge < -0.3 is 9.88 Å². The van der Waals surface area contributed by atoms with E-state index in [9.17, 15) is 9.59 Å². The van der Waals surface area contributed by atoms with E-state index < -0.39 is 0 Å². The first-order chi connectivity index (χ1) is 14.0. The first kappa shape index (κ1) is 18.9. The van der Waals surface area contributed by atoms with E-state index in [0.29, 0.717) is 16.5 Å². The van der Waals surface area contributed by atoms with E-state index in [1.54, 1.807) is 12.1 Å². The van der Waals surface area contributed by atoms with E-state index in [1.165, 1.54) is 0 Å². The van der Waals surface area contributed by atoms with Crippen molar-refractivity contribution >= 4 is 27.7 Å². The molecule has 0 bridgehead atoms. The summed E-state index contributed by atoms with van der Waals surface area (Å²) in [5, 5.41) is 10.9. The van der Waals surface area contributed by atoms with Crippen LogP contribution in [0, 0.1) is 5.92 Å². The monoisotopic (exact) mass is 389 g/mol. The lowest BCUT2D eigenvalue weighted by molar-refractivity contribution is -0.121. The fourth-order valence-electron chi connectivity index (χ4n) is 3.65. The van der Waals surface area contributed by atoms with Crippen LogP contribution in [0.15, 0.2) is 53.3 Å². The summed E-state index contributed by atoms with van der Waals surface area (Å²) >= 11 is 0. The minimum atomic E-state index is -0.260. The second kappa shape index (κ2) is 7.50. The SMILES string of the molecule is CC(C)[C@H](NC(=O)Cc1n[nH]c(=O)c2ccccc12)c1nc2ccccc2n1C. The molecule has 0 unspecified atom stereocenters. The highest BCUT2D eigenvalue weighted by Gasteiger charge is 2.24. The molecule has 2 aromatic heterocycles. The highest BCUT2D eigenvalue weighted by atomic mass is 16.1. The zero-order valence-corrected chi connectivity index (χ0v) is 16.6. The Morgan fingerprint density at radius 3 is 2.52 bits per heavy atom. The minimum Gasteiger partial charge on any atom is -0.346 e. The molecule has 0 saturated carbocycles. The van der Waals surface area contributed by atoms with Crippen LogP contribution in [0.4, 0.5) is 0 Å². The van der Waals surface area contributed by atoms with Crippen molar-refractivity contribution in [2.24, 2.45) is 13.0 Å². The van der Waals surface area contributed by atoms with Crippen molar-refractivity contribution in [3.63, 3.8) is 0 Å². The van der Waals surface area contributed by atoms with Gasteiger partial charge in [-0.2, -0.15) is 5.10 Å². The molecule has 0 aliphatic rings. The number of aryl methyl sites for hydroxylation is 1. The zero-order valence-electron chi connectivity index (χ0n) is 16.6. The third-order valence-electron chi connectivity index (χ3n) is 5.19. The largest absolute Gasteiger partial charge is 0.346 e. The van der Waals surface area contributed by atoms with Crippen LogP contribution in [0.2, 0.25) is 0 Å². The third-order valence-corrected chi connectivity index (χ3v) is 5.19. The Morgan fingerprint density at radius 2 is 1.79 bits per heavy atom. The van der Waals surface area contributed by atoms with E-state index in [2.05, 4.69) is 29.4 Å². The molecule has 7 nitrogen and oxygen atoms in total. The van der Waals surface area contributed by atoms with Gasteiger partial charge in [0, 0.05) is 12.4 Å². The maximum atomic E-state index is 12.9. The van der Waals surface area contributed by atoms with Crippen LogP contribution in [0.1, 0.15) is 31.4 Å². The van der Waals surface area contributed by atoms with E-state index in [-0.39, 0.29) is 29.8 Å². The number of hydrogen-bond donors (Lipinski definition) is 2. The molecule has 2 N–H and O–H groups in total. The quantitative estimate of drug-likeness (QED) is 0.549. The smallest absolute Gasteiger partial charge is 0.272 e. The summed E-state index contributed by atoms with van der Waals surface area (Å²) in [6.45, 7) is 4.11. The number of nitrogens with zero attached hydrogens (tertiary/aromatic N) is 3. The van der Waals surface area contributed by atoms with E-state index >= 15 is 0 Å². The summed E-state index contributed by atoms with van der Waals surface area (Å²) in [5.41, 5.74) is 2.21. The Morgan fingerprint density at radius 1 is 1.10 bits per heavy atom. The first-order valence-corrected chi connectivity index (χ1v) is 9.62. The van der Waals surface area contributed by atoms with Gasteiger partial charge in [0.05, 0.1) is 34.6 Å². The number of para-hydroxylation sites is 2. The summed E-state index contributed by atoms with van der Waals surface area (Å²) in [4.78, 5) is 29.6. The Hall–Kier alpha value is -3.48. The normalized spacial score (nSPS) is 12.6. The first-order valence-electron chi connectivity index (χ1n) is 9.62. The van der Waals surface area contributed by atoms with Crippen LogP contribution >= 0.6 is 0 Å². The van der Waals surface area contributed by atoms with Crippen LogP contribution in [0.3, 0.4) is 0 Å². The number of rotatable bonds is 5. The molecule has 0 aliphatic heterocycles. The molecule has 7 heteroatoms. The van der Waals surface area contributed by atoms with Gasteiger partial charge in [0.1, 0.15) is 5.82 Å². The molecule has 2 aromatic carbocycles. The van der Waals surface area contributed by atoms with Crippen LogP contribution in [-0.4, -0.2) is 25.7 Å². The van der Waals surface area contributed by atoms with Crippen molar-refractivity contribution in [2.75, 3.05) is 0 Å². The topological polar surface area (TPSA) is 92.7 Å². The molecule has 4 rings (SSSR count). The third kappa shape index (κ3) is 3.51. The van der Waals surface area contributed by atoms with Gasteiger partial charge in [0.15, 0.2) is 0 Å². The molecule has 0 saturated heterocycles. The van der Waals surface area contributed by atoms with Crippen molar-refractivity contribution in [2.45, 2.75) is 26.3 Å². The summed E-state index contributed by atoms with van der Waals surface area (Å²) in [5.74, 6) is 0.795. The number of H-pyrrole nitrogens is 1. The van der Waals surface area contributed by atoms with Gasteiger partial charge in [-0.15, -0.1) is 0 Å². The second-order valence-electron chi connectivity index (χ2n) is 7.53. The minimum absolute atomic E-state index is 0.0739. The number of aromatic amines is 1. The number of aromatic nitrogens is 4. The molecule has 29 heavy (non-hydrogen) atoms. The van der Waals surface area contributed by atoms with Crippen molar-refractivity contribution in [1.82, 2.24) is 25.1 Å². The summed E-state index contributed by atoms with van der Waals surface area (Å²) in [7, 11) is 1.96. The fourth-order valence-corrected chi connectivity index (χ4v) is 3.65. The van der Waals surface area contributed by atoms with Crippen LogP contribution in [-0.2, 0) is 18.3 Å². The maximum absolute atomic E-state index is 12.9. The standard InChI is InChI=1S/C22H23N5O2/c1-13(2)20(21-23-16-10-6-7-11-18(16)27(21)3)24-19(28)12-17-14-8-4-5-9-15(14)22(29)26-25-17/h4-11,13,20H,12H2,1-3H3,(H,24,28)(H,26,29)/t20-/m0/s1. The number of fused-ring (bicyclic) bond motifs is 2. The molecular weight excluding hydrogens is 366 g/mol. The Balaban J connectivity index is 1.63. The number of imidazole rings is 1. The number of carbonyl (C=O) groups excluding carboxylic acids is 1. The predicted octanol–water partition coefficient (Wildman–Crippen LogP) is 2.87. The van der Waals surface area contributed by atoms with Crippen LogP contribution < -0.4 is 10.9 Å². The van der Waals surface area contributed by atoms with Gasteiger partial charge in [0.2, 0.25) is 5.91 Å². The van der Waals surface area contributed by atoms with E-state index in [4.69, 9.17) is 4.98 Å². The van der Waals surface area contributed by atoms with Gasteiger partial charge in [-0.1, -0.05) is 44.2 Å². The highest BCUT2D eigenvalue weighted by molar-refractivity contribution is 5.88. The Kier molecular flexibility index (Phi) is 4.88. The highest BCUT2D eigenvalue weighted by Crippen LogP contribution is 2.25. The van der Waals surface area contributed by atoms with Gasteiger partial charge in [-0.05, 0) is 24.1 Å². The Labute approximate surface area is 167 Å². The lowest BCUT2D eigenvalue weighted by Gasteiger charge is -2.22. The van der Waals surface area contributed by atoms with Gasteiger partial charge >= 0.3 is 0 Å². The molecule has 0 fully saturated rings. The van der Waals surface area contributed by atoms with Gasteiger partial charge in [-0.25, -0.2) is 10.1 Å². The summed E-state index contributed by atoms with van der Waals surface area (Å²) in [6.07, 6.45) is 0.0739. The molecule has 148 valence electrons. The number of hydrogen-bond acceptors (Lipinski definition) is 4. The lowest BCUT2D eigenvalue weighted by Crippen LogP contribution is -2.34. The molecule has 0 radical (unpaired) electrons. The van der Waals surface area contributed by atoms with Crippen molar-refractivity contribution in [3.05, 3.63) is 70.4 Å². The Bertz CT molecular complexity index is 1260. The van der Waals surface area contributed by atoms with E-state index in [1.807, 2.05) is 48.0 Å². The van der Waals surface area contributed by atoms with Gasteiger partial charge in [0.25, 0.3) is 5.56 Å². The average molecular weight is 389 g/mol. The van der Waals surface area contributed by atoms with Crippen LogP contribution in [0.25, 0.3) is 21.8 Å². The lowest BCUT2D eigenvalue weighted by atomic mass is 10.0. The molecule has 2 heterocycles. The summed E-state index contributed by atoms with van der Waals surface area (Å²) in [6, 6.07) is 14.8. The molecular formula is C22H23N5O2. The molecule has 1 atom stereocenters. The molecule has 1 amide bonds. The molecule has 0 aliphatic carbocycles. The van der Waals surface area contributed by atoms with E-state index in [0.717, 1.165) is 16.9 Å². The number of amides is 1. The van der Waals surface area contributed by atoms with Crippen molar-refractivity contribution in [3.8, 4) is 0 Å².